The average molecular weight is 532 g/mol. The first-order valence-electron chi connectivity index (χ1n) is 11.7. The second-order valence-electron chi connectivity index (χ2n) is 8.87. The van der Waals surface area contributed by atoms with Gasteiger partial charge < -0.3 is 14.4 Å². The molecule has 2 aromatic rings. The van der Waals surface area contributed by atoms with Gasteiger partial charge in [-0.1, -0.05) is 11.6 Å². The van der Waals surface area contributed by atoms with Gasteiger partial charge in [-0.25, -0.2) is 8.99 Å². The lowest BCUT2D eigenvalue weighted by atomic mass is 10.0. The summed E-state index contributed by atoms with van der Waals surface area (Å²) in [7, 11) is 1.82. The van der Waals surface area contributed by atoms with Crippen LogP contribution in [-0.2, 0) is 10.9 Å². The van der Waals surface area contributed by atoms with E-state index >= 15 is 0 Å². The molecule has 1 unspecified atom stereocenters. The van der Waals surface area contributed by atoms with E-state index in [1.54, 1.807) is 6.20 Å². The van der Waals surface area contributed by atoms with Crippen molar-refractivity contribution < 1.29 is 17.9 Å². The number of nitrogens with zero attached hydrogens (tertiary/aromatic N) is 4. The molecule has 0 spiro atoms. The van der Waals surface area contributed by atoms with Crippen LogP contribution in [0.3, 0.4) is 0 Å². The number of hydrogen-bond donors (Lipinski definition) is 1. The van der Waals surface area contributed by atoms with Gasteiger partial charge in [-0.15, -0.1) is 0 Å². The highest BCUT2D eigenvalue weighted by atomic mass is 35.5. The third kappa shape index (κ3) is 6.63. The van der Waals surface area contributed by atoms with E-state index in [9.17, 15) is 18.0 Å². The molecule has 192 valence electrons. The summed E-state index contributed by atoms with van der Waals surface area (Å²) < 4.78 is 49.3. The van der Waals surface area contributed by atoms with Crippen molar-refractivity contribution in [1.82, 2.24) is 14.1 Å². The smallest absolute Gasteiger partial charge is 0.382 e. The van der Waals surface area contributed by atoms with E-state index in [0.29, 0.717) is 56.4 Å². The maximum absolute atomic E-state index is 12.9. The SMILES string of the molecule is CN(SN1CCC(n2ncc(NCC3CCCOC3)c(Cl)c2=O)CC1)c1ccc(C(F)(F)F)cc1. The van der Waals surface area contributed by atoms with Gasteiger partial charge >= 0.3 is 6.18 Å². The Morgan fingerprint density at radius 2 is 1.94 bits per heavy atom. The van der Waals surface area contributed by atoms with Crippen LogP contribution in [0.4, 0.5) is 24.5 Å². The van der Waals surface area contributed by atoms with Crippen LogP contribution in [0.15, 0.2) is 35.3 Å². The molecule has 12 heteroatoms. The zero-order valence-corrected chi connectivity index (χ0v) is 21.0. The first-order valence-corrected chi connectivity index (χ1v) is 12.8. The van der Waals surface area contributed by atoms with Crippen LogP contribution in [0.2, 0.25) is 5.02 Å². The fraction of sp³-hybridized carbons (Fsp3) is 0.565. The summed E-state index contributed by atoms with van der Waals surface area (Å²) in [5.74, 6) is 0.393. The average Bonchev–Trinajstić information content (AvgIpc) is 2.86. The van der Waals surface area contributed by atoms with Crippen molar-refractivity contribution >= 4 is 35.1 Å². The van der Waals surface area contributed by atoms with Crippen LogP contribution < -0.4 is 15.2 Å². The maximum atomic E-state index is 12.9. The second-order valence-corrected chi connectivity index (χ2v) is 10.5. The van der Waals surface area contributed by atoms with E-state index in [0.717, 1.165) is 31.6 Å². The lowest BCUT2D eigenvalue weighted by Gasteiger charge is -2.33. The summed E-state index contributed by atoms with van der Waals surface area (Å²) in [5, 5.41) is 7.78. The Morgan fingerprint density at radius 1 is 1.23 bits per heavy atom. The molecule has 0 aliphatic carbocycles. The number of ether oxygens (including phenoxy) is 1. The number of rotatable bonds is 7. The normalized spacial score (nSPS) is 20.1. The number of piperidine rings is 1. The molecule has 2 fully saturated rings. The summed E-state index contributed by atoms with van der Waals surface area (Å²) in [6.45, 7) is 3.60. The van der Waals surface area contributed by atoms with E-state index in [1.165, 1.54) is 28.9 Å². The molecule has 1 aromatic carbocycles. The summed E-state index contributed by atoms with van der Waals surface area (Å²) >= 11 is 7.83. The van der Waals surface area contributed by atoms with Crippen molar-refractivity contribution in [3.63, 3.8) is 0 Å². The van der Waals surface area contributed by atoms with Crippen molar-refractivity contribution in [3.8, 4) is 0 Å². The second kappa shape index (κ2) is 11.4. The Kier molecular flexibility index (Phi) is 8.51. The molecule has 2 aliphatic rings. The lowest BCUT2D eigenvalue weighted by molar-refractivity contribution is -0.137. The summed E-state index contributed by atoms with van der Waals surface area (Å²) in [4.78, 5) is 12.9. The monoisotopic (exact) mass is 531 g/mol. The van der Waals surface area contributed by atoms with E-state index in [2.05, 4.69) is 14.7 Å². The number of halogens is 4. The third-order valence-electron chi connectivity index (χ3n) is 6.34. The molecule has 4 rings (SSSR count). The largest absolute Gasteiger partial charge is 0.416 e. The van der Waals surface area contributed by atoms with Gasteiger partial charge in [-0.2, -0.15) is 18.3 Å². The zero-order chi connectivity index (χ0) is 25.0. The van der Waals surface area contributed by atoms with Crippen molar-refractivity contribution in [3.05, 3.63) is 51.4 Å². The Morgan fingerprint density at radius 3 is 2.57 bits per heavy atom. The maximum Gasteiger partial charge on any atom is 0.416 e. The van der Waals surface area contributed by atoms with E-state index < -0.39 is 11.7 Å². The fourth-order valence-electron chi connectivity index (χ4n) is 4.30. The fourth-order valence-corrected chi connectivity index (χ4v) is 5.44. The molecule has 35 heavy (non-hydrogen) atoms. The summed E-state index contributed by atoms with van der Waals surface area (Å²) in [5.41, 5.74) is 0.258. The highest BCUT2D eigenvalue weighted by Crippen LogP contribution is 2.33. The predicted molar refractivity (Wildman–Crippen MR) is 133 cm³/mol. The number of benzene rings is 1. The molecule has 3 heterocycles. The van der Waals surface area contributed by atoms with Crippen LogP contribution in [-0.4, -0.2) is 54.0 Å². The molecule has 7 nitrogen and oxygen atoms in total. The minimum absolute atomic E-state index is 0.0611. The molecule has 0 bridgehead atoms. The van der Waals surface area contributed by atoms with Gasteiger partial charge in [0, 0.05) is 51.1 Å². The standard InChI is InChI=1S/C23H29ClF3N5O2S/c1-30(18-6-4-17(5-7-18)23(25,26)27)35-31-10-8-19(9-11-31)32-22(33)21(24)20(14-29-32)28-13-16-3-2-12-34-15-16/h4-7,14,16,19,28H,2-3,8-13,15H2,1H3. The highest BCUT2D eigenvalue weighted by Gasteiger charge is 2.30. The van der Waals surface area contributed by atoms with E-state index in [-0.39, 0.29) is 16.6 Å². The molecule has 1 aromatic heterocycles. The molecule has 0 radical (unpaired) electrons. The predicted octanol–water partition coefficient (Wildman–Crippen LogP) is 5.09. The number of anilines is 2. The number of alkyl halides is 3. The summed E-state index contributed by atoms with van der Waals surface area (Å²) in [6.07, 6.45) is 0.815. The number of aromatic nitrogens is 2. The van der Waals surface area contributed by atoms with Crippen molar-refractivity contribution in [1.29, 1.82) is 0 Å². The van der Waals surface area contributed by atoms with Gasteiger partial charge in [0.25, 0.3) is 5.56 Å². The first kappa shape index (κ1) is 26.1. The van der Waals surface area contributed by atoms with Gasteiger partial charge in [0.2, 0.25) is 0 Å². The topological polar surface area (TPSA) is 62.6 Å². The van der Waals surface area contributed by atoms with Crippen molar-refractivity contribution in [2.75, 3.05) is 49.5 Å². The molecule has 1 N–H and O–H groups in total. The third-order valence-corrected chi connectivity index (χ3v) is 7.76. The molecule has 1 atom stereocenters. The molecular weight excluding hydrogens is 503 g/mol. The molecule has 0 amide bonds. The number of hydrogen-bond acceptors (Lipinski definition) is 7. The van der Waals surface area contributed by atoms with Crippen LogP contribution in [0.5, 0.6) is 0 Å². The van der Waals surface area contributed by atoms with Crippen LogP contribution in [0.25, 0.3) is 0 Å². The molecule has 2 aliphatic heterocycles. The minimum atomic E-state index is -4.35. The van der Waals surface area contributed by atoms with Crippen LogP contribution in [0.1, 0.15) is 37.3 Å². The van der Waals surface area contributed by atoms with Gasteiger partial charge in [0.05, 0.1) is 30.1 Å². The van der Waals surface area contributed by atoms with Gasteiger partial charge in [0.15, 0.2) is 0 Å². The van der Waals surface area contributed by atoms with Gasteiger partial charge in [-0.05, 0) is 55.9 Å². The zero-order valence-electron chi connectivity index (χ0n) is 19.4. The Balaban J connectivity index is 1.30. The molecule has 0 saturated carbocycles. The van der Waals surface area contributed by atoms with E-state index in [1.807, 2.05) is 11.4 Å². The lowest BCUT2D eigenvalue weighted by Crippen LogP contribution is -2.37. The quantitative estimate of drug-likeness (QED) is 0.499. The first-order chi connectivity index (χ1) is 16.7. The van der Waals surface area contributed by atoms with Gasteiger partial charge in [0.1, 0.15) is 5.02 Å². The Bertz CT molecular complexity index is 1040. The Labute approximate surface area is 211 Å². The van der Waals surface area contributed by atoms with Crippen molar-refractivity contribution in [2.45, 2.75) is 37.9 Å². The molecular formula is C23H29ClF3N5O2S. The number of nitrogens with one attached hydrogen (secondary N) is 1. The van der Waals surface area contributed by atoms with Crippen LogP contribution in [0, 0.1) is 5.92 Å². The Hall–Kier alpha value is -1.95. The minimum Gasteiger partial charge on any atom is -0.382 e. The van der Waals surface area contributed by atoms with Gasteiger partial charge in [-0.3, -0.25) is 4.79 Å². The summed E-state index contributed by atoms with van der Waals surface area (Å²) in [6, 6.07) is 5.04. The van der Waals surface area contributed by atoms with E-state index in [4.69, 9.17) is 16.3 Å². The van der Waals surface area contributed by atoms with Crippen LogP contribution >= 0.6 is 23.7 Å². The van der Waals surface area contributed by atoms with Crippen molar-refractivity contribution in [2.24, 2.45) is 5.92 Å². The molecule has 2 saturated heterocycles. The highest BCUT2D eigenvalue weighted by molar-refractivity contribution is 7.98.